The Bertz CT molecular complexity index is 608. The Morgan fingerprint density at radius 3 is 2.68 bits per heavy atom. The molecule has 1 heterocycles. The molecule has 0 unspecified atom stereocenters. The van der Waals surface area contributed by atoms with Gasteiger partial charge in [-0.1, -0.05) is 25.1 Å². The number of aliphatic imine (C=N–C) groups is 1. The minimum Gasteiger partial charge on any atom is -0.492 e. The van der Waals surface area contributed by atoms with Crippen molar-refractivity contribution in [3.63, 3.8) is 0 Å². The SMILES string of the molecule is CN=C(NCc1ccccc1OCCN1CCOCC1)NC1CCC(C)CC1. The number of guanidine groups is 1. The number of nitrogens with zero attached hydrogens (tertiary/aromatic N) is 2. The molecule has 0 radical (unpaired) electrons. The third kappa shape index (κ3) is 6.67. The Morgan fingerprint density at radius 1 is 1.18 bits per heavy atom. The van der Waals surface area contributed by atoms with Gasteiger partial charge in [0.15, 0.2) is 5.96 Å². The molecule has 0 spiro atoms. The zero-order valence-electron chi connectivity index (χ0n) is 17.5. The lowest BCUT2D eigenvalue weighted by Crippen LogP contribution is -2.44. The zero-order valence-corrected chi connectivity index (χ0v) is 17.5. The fourth-order valence-electron chi connectivity index (χ4n) is 3.87. The molecule has 1 aliphatic carbocycles. The van der Waals surface area contributed by atoms with Crippen molar-refractivity contribution in [1.82, 2.24) is 15.5 Å². The molecule has 2 aliphatic rings. The van der Waals surface area contributed by atoms with Gasteiger partial charge in [-0.3, -0.25) is 9.89 Å². The molecule has 0 bridgehead atoms. The van der Waals surface area contributed by atoms with Gasteiger partial charge in [-0.05, 0) is 37.7 Å². The Balaban J connectivity index is 1.45. The molecule has 1 saturated carbocycles. The van der Waals surface area contributed by atoms with E-state index in [-0.39, 0.29) is 0 Å². The molecule has 0 atom stereocenters. The van der Waals surface area contributed by atoms with Gasteiger partial charge in [0.1, 0.15) is 12.4 Å². The van der Waals surface area contributed by atoms with E-state index >= 15 is 0 Å². The molecular weight excluding hydrogens is 352 g/mol. The van der Waals surface area contributed by atoms with Gasteiger partial charge in [-0.25, -0.2) is 0 Å². The number of nitrogens with one attached hydrogen (secondary N) is 2. The van der Waals surface area contributed by atoms with E-state index in [0.717, 1.165) is 56.0 Å². The van der Waals surface area contributed by atoms with E-state index < -0.39 is 0 Å². The Labute approximate surface area is 169 Å². The number of hydrogen-bond donors (Lipinski definition) is 2. The van der Waals surface area contributed by atoms with Crippen LogP contribution in [0.15, 0.2) is 29.3 Å². The molecule has 1 aromatic carbocycles. The first-order valence-corrected chi connectivity index (χ1v) is 10.7. The number of para-hydroxylation sites is 1. The predicted molar refractivity (Wildman–Crippen MR) is 114 cm³/mol. The second-order valence-corrected chi connectivity index (χ2v) is 7.94. The number of morpholine rings is 1. The standard InChI is InChI=1S/C22H36N4O2/c1-18-7-9-20(10-8-18)25-22(23-2)24-17-19-5-3-4-6-21(19)28-16-13-26-11-14-27-15-12-26/h3-6,18,20H,7-17H2,1-2H3,(H2,23,24,25). The molecule has 0 amide bonds. The van der Waals surface area contributed by atoms with E-state index in [2.05, 4.69) is 45.6 Å². The maximum Gasteiger partial charge on any atom is 0.191 e. The highest BCUT2D eigenvalue weighted by molar-refractivity contribution is 5.80. The van der Waals surface area contributed by atoms with Gasteiger partial charge in [0.2, 0.25) is 0 Å². The highest BCUT2D eigenvalue weighted by atomic mass is 16.5. The van der Waals surface area contributed by atoms with Gasteiger partial charge < -0.3 is 20.1 Å². The Hall–Kier alpha value is -1.79. The second-order valence-electron chi connectivity index (χ2n) is 7.94. The average Bonchev–Trinajstić information content (AvgIpc) is 2.74. The summed E-state index contributed by atoms with van der Waals surface area (Å²) in [5.41, 5.74) is 1.16. The normalized spacial score (nSPS) is 24.0. The predicted octanol–water partition coefficient (Wildman–Crippen LogP) is 2.64. The van der Waals surface area contributed by atoms with E-state index in [1.54, 1.807) is 0 Å². The van der Waals surface area contributed by atoms with Crippen molar-refractivity contribution in [2.75, 3.05) is 46.5 Å². The number of ether oxygens (including phenoxy) is 2. The summed E-state index contributed by atoms with van der Waals surface area (Å²) < 4.78 is 11.5. The van der Waals surface area contributed by atoms with Crippen LogP contribution in [-0.2, 0) is 11.3 Å². The molecule has 0 aromatic heterocycles. The lowest BCUT2D eigenvalue weighted by Gasteiger charge is -2.28. The van der Waals surface area contributed by atoms with Crippen LogP contribution in [0.4, 0.5) is 0 Å². The van der Waals surface area contributed by atoms with Gasteiger partial charge in [-0.15, -0.1) is 0 Å². The fourth-order valence-corrected chi connectivity index (χ4v) is 3.87. The van der Waals surface area contributed by atoms with Crippen molar-refractivity contribution >= 4 is 5.96 Å². The van der Waals surface area contributed by atoms with Gasteiger partial charge >= 0.3 is 0 Å². The fraction of sp³-hybridized carbons (Fsp3) is 0.682. The molecule has 2 N–H and O–H groups in total. The van der Waals surface area contributed by atoms with E-state index in [9.17, 15) is 0 Å². The van der Waals surface area contributed by atoms with Gasteiger partial charge in [0.25, 0.3) is 0 Å². The van der Waals surface area contributed by atoms with Crippen molar-refractivity contribution in [2.45, 2.75) is 45.2 Å². The number of hydrogen-bond acceptors (Lipinski definition) is 4. The molecule has 2 fully saturated rings. The highest BCUT2D eigenvalue weighted by Gasteiger charge is 2.19. The molecule has 28 heavy (non-hydrogen) atoms. The number of benzene rings is 1. The summed E-state index contributed by atoms with van der Waals surface area (Å²) in [6.45, 7) is 8.33. The van der Waals surface area contributed by atoms with E-state index in [1.807, 2.05) is 13.1 Å². The molecule has 156 valence electrons. The Kier molecular flexibility index (Phi) is 8.42. The summed E-state index contributed by atoms with van der Waals surface area (Å²) in [6.07, 6.45) is 5.05. The number of rotatable bonds is 7. The molecule has 6 heteroatoms. The van der Waals surface area contributed by atoms with Crippen molar-refractivity contribution < 1.29 is 9.47 Å². The van der Waals surface area contributed by atoms with Crippen LogP contribution in [0.25, 0.3) is 0 Å². The first-order valence-electron chi connectivity index (χ1n) is 10.7. The van der Waals surface area contributed by atoms with Gasteiger partial charge in [-0.2, -0.15) is 0 Å². The van der Waals surface area contributed by atoms with Crippen molar-refractivity contribution in [3.05, 3.63) is 29.8 Å². The van der Waals surface area contributed by atoms with Crippen LogP contribution < -0.4 is 15.4 Å². The third-order valence-corrected chi connectivity index (χ3v) is 5.77. The van der Waals surface area contributed by atoms with E-state index in [1.165, 1.54) is 25.7 Å². The molecular formula is C22H36N4O2. The smallest absolute Gasteiger partial charge is 0.191 e. The summed E-state index contributed by atoms with van der Waals surface area (Å²) in [5.74, 6) is 2.68. The monoisotopic (exact) mass is 388 g/mol. The highest BCUT2D eigenvalue weighted by Crippen LogP contribution is 2.23. The lowest BCUT2D eigenvalue weighted by atomic mass is 9.87. The van der Waals surface area contributed by atoms with Gasteiger partial charge in [0, 0.05) is 44.8 Å². The molecule has 1 aromatic rings. The second kappa shape index (κ2) is 11.3. The lowest BCUT2D eigenvalue weighted by molar-refractivity contribution is 0.0322. The minimum absolute atomic E-state index is 0.530. The summed E-state index contributed by atoms with van der Waals surface area (Å²) in [5, 5.41) is 7.04. The van der Waals surface area contributed by atoms with Crippen LogP contribution in [0.5, 0.6) is 5.75 Å². The molecule has 3 rings (SSSR count). The Morgan fingerprint density at radius 2 is 1.93 bits per heavy atom. The molecule has 1 saturated heterocycles. The van der Waals surface area contributed by atoms with Crippen LogP contribution in [0.3, 0.4) is 0 Å². The molecule has 1 aliphatic heterocycles. The van der Waals surface area contributed by atoms with Crippen LogP contribution in [0.1, 0.15) is 38.2 Å². The quantitative estimate of drug-likeness (QED) is 0.556. The van der Waals surface area contributed by atoms with Crippen LogP contribution in [-0.4, -0.2) is 63.4 Å². The van der Waals surface area contributed by atoms with Crippen LogP contribution in [0.2, 0.25) is 0 Å². The van der Waals surface area contributed by atoms with Crippen LogP contribution >= 0.6 is 0 Å². The maximum absolute atomic E-state index is 6.08. The summed E-state index contributed by atoms with van der Waals surface area (Å²) >= 11 is 0. The first kappa shape index (κ1) is 20.9. The first-order chi connectivity index (χ1) is 13.7. The van der Waals surface area contributed by atoms with Crippen molar-refractivity contribution in [1.29, 1.82) is 0 Å². The third-order valence-electron chi connectivity index (χ3n) is 5.77. The van der Waals surface area contributed by atoms with E-state index in [4.69, 9.17) is 9.47 Å². The maximum atomic E-state index is 6.08. The van der Waals surface area contributed by atoms with Crippen LogP contribution in [0, 0.1) is 5.92 Å². The van der Waals surface area contributed by atoms with Gasteiger partial charge in [0.05, 0.1) is 13.2 Å². The van der Waals surface area contributed by atoms with Crippen molar-refractivity contribution in [2.24, 2.45) is 10.9 Å². The minimum atomic E-state index is 0.530. The topological polar surface area (TPSA) is 58.1 Å². The zero-order chi connectivity index (χ0) is 19.6. The largest absolute Gasteiger partial charge is 0.492 e. The van der Waals surface area contributed by atoms with E-state index in [0.29, 0.717) is 19.2 Å². The summed E-state index contributed by atoms with van der Waals surface area (Å²) in [4.78, 5) is 6.79. The molecule has 6 nitrogen and oxygen atoms in total. The average molecular weight is 389 g/mol. The van der Waals surface area contributed by atoms with Crippen molar-refractivity contribution in [3.8, 4) is 5.75 Å². The summed E-state index contributed by atoms with van der Waals surface area (Å²) in [6, 6.07) is 8.79. The summed E-state index contributed by atoms with van der Waals surface area (Å²) in [7, 11) is 1.84.